The van der Waals surface area contributed by atoms with Crippen LogP contribution in [0.15, 0.2) is 65.6 Å². The third-order valence-corrected chi connectivity index (χ3v) is 5.22. The van der Waals surface area contributed by atoms with Crippen molar-refractivity contribution in [3.05, 3.63) is 93.0 Å². The second kappa shape index (κ2) is 7.58. The number of hydrogen-bond donors (Lipinski definition) is 3. The van der Waals surface area contributed by atoms with Gasteiger partial charge in [0.1, 0.15) is 5.69 Å². The van der Waals surface area contributed by atoms with Crippen molar-refractivity contribution >= 4 is 28.5 Å². The van der Waals surface area contributed by atoms with Gasteiger partial charge in [-0.3, -0.25) is 4.79 Å². The molecule has 2 heterocycles. The Balaban J connectivity index is 2.07. The lowest BCUT2D eigenvalue weighted by molar-refractivity contribution is 0.0687. The van der Waals surface area contributed by atoms with Crippen LogP contribution >= 0.6 is 11.6 Å². The van der Waals surface area contributed by atoms with Crippen LogP contribution in [0.5, 0.6) is 0 Å². The van der Waals surface area contributed by atoms with Gasteiger partial charge in [0.15, 0.2) is 0 Å². The second-order valence-electron chi connectivity index (χ2n) is 6.66. The molecule has 6 nitrogen and oxygen atoms in total. The number of carboxylic acid groups (broad SMARTS) is 1. The summed E-state index contributed by atoms with van der Waals surface area (Å²) in [5.74, 6) is -1.12. The number of carboxylic acids is 1. The summed E-state index contributed by atoms with van der Waals surface area (Å²) in [6.07, 6.45) is 1.51. The molecule has 0 spiro atoms. The van der Waals surface area contributed by atoms with Crippen LogP contribution < -0.4 is 11.3 Å². The molecular weight excluding hydrogens is 390 g/mol. The zero-order valence-electron chi connectivity index (χ0n) is 15.4. The van der Waals surface area contributed by atoms with Gasteiger partial charge < -0.3 is 20.4 Å². The predicted octanol–water partition coefficient (Wildman–Crippen LogP) is 3.86. The first kappa shape index (κ1) is 19.0. The molecule has 0 saturated heterocycles. The van der Waals surface area contributed by atoms with Crippen LogP contribution in [-0.2, 0) is 13.1 Å². The number of benzene rings is 2. The Morgan fingerprint density at radius 1 is 1.10 bits per heavy atom. The Bertz CT molecular complexity index is 1290. The van der Waals surface area contributed by atoms with Crippen LogP contribution in [0.25, 0.3) is 22.0 Å². The SMILES string of the molecule is NCc1ccccc1Cn1c(C(=O)O)c(-c2ccc[nH]c2=O)c2cc(Cl)ccc21. The van der Waals surface area contributed by atoms with Crippen LogP contribution in [0, 0.1) is 0 Å². The lowest BCUT2D eigenvalue weighted by atomic mass is 10.0. The molecule has 2 aromatic heterocycles. The molecule has 4 rings (SSSR count). The summed E-state index contributed by atoms with van der Waals surface area (Å²) in [7, 11) is 0. The van der Waals surface area contributed by atoms with E-state index < -0.39 is 5.97 Å². The topological polar surface area (TPSA) is 101 Å². The van der Waals surface area contributed by atoms with Gasteiger partial charge in [0.25, 0.3) is 5.56 Å². The molecule has 7 heteroatoms. The smallest absolute Gasteiger partial charge is 0.353 e. The molecule has 4 aromatic rings. The van der Waals surface area contributed by atoms with Gasteiger partial charge in [0.2, 0.25) is 0 Å². The summed E-state index contributed by atoms with van der Waals surface area (Å²) in [4.78, 5) is 27.4. The Morgan fingerprint density at radius 2 is 1.86 bits per heavy atom. The molecule has 0 atom stereocenters. The lowest BCUT2D eigenvalue weighted by Crippen LogP contribution is -2.14. The molecule has 0 bridgehead atoms. The highest BCUT2D eigenvalue weighted by atomic mass is 35.5. The van der Waals surface area contributed by atoms with Gasteiger partial charge >= 0.3 is 5.97 Å². The number of hydrogen-bond acceptors (Lipinski definition) is 3. The van der Waals surface area contributed by atoms with E-state index in [2.05, 4.69) is 4.98 Å². The van der Waals surface area contributed by atoms with Gasteiger partial charge in [0.05, 0.1) is 0 Å². The number of aromatic nitrogens is 2. The summed E-state index contributed by atoms with van der Waals surface area (Å²) in [6.45, 7) is 0.646. The van der Waals surface area contributed by atoms with Crippen LogP contribution in [0.4, 0.5) is 0 Å². The zero-order chi connectivity index (χ0) is 20.5. The third-order valence-electron chi connectivity index (χ3n) is 4.98. The first-order valence-electron chi connectivity index (χ1n) is 9.01. The molecule has 0 unspecified atom stereocenters. The number of fused-ring (bicyclic) bond motifs is 1. The second-order valence-corrected chi connectivity index (χ2v) is 7.10. The molecule has 0 fully saturated rings. The van der Waals surface area contributed by atoms with E-state index >= 15 is 0 Å². The molecule has 29 heavy (non-hydrogen) atoms. The summed E-state index contributed by atoms with van der Waals surface area (Å²) in [5.41, 5.74) is 8.68. The van der Waals surface area contributed by atoms with E-state index in [9.17, 15) is 14.7 Å². The Kier molecular flexibility index (Phi) is 4.96. The number of nitrogens with one attached hydrogen (secondary N) is 1. The highest BCUT2D eigenvalue weighted by Gasteiger charge is 2.25. The van der Waals surface area contributed by atoms with Crippen molar-refractivity contribution in [3.63, 3.8) is 0 Å². The maximum Gasteiger partial charge on any atom is 0.353 e. The fourth-order valence-corrected chi connectivity index (χ4v) is 3.86. The number of pyridine rings is 1. The lowest BCUT2D eigenvalue weighted by Gasteiger charge is -2.12. The van der Waals surface area contributed by atoms with E-state index in [4.69, 9.17) is 17.3 Å². The van der Waals surface area contributed by atoms with Crippen molar-refractivity contribution in [3.8, 4) is 11.1 Å². The monoisotopic (exact) mass is 407 g/mol. The van der Waals surface area contributed by atoms with Gasteiger partial charge in [-0.15, -0.1) is 0 Å². The normalized spacial score (nSPS) is 11.1. The summed E-state index contributed by atoms with van der Waals surface area (Å²) >= 11 is 6.21. The molecule has 4 N–H and O–H groups in total. The molecule has 0 radical (unpaired) electrons. The van der Waals surface area contributed by atoms with Crippen molar-refractivity contribution < 1.29 is 9.90 Å². The number of H-pyrrole nitrogens is 1. The van der Waals surface area contributed by atoms with Gasteiger partial charge in [0, 0.05) is 46.3 Å². The predicted molar refractivity (Wildman–Crippen MR) is 113 cm³/mol. The summed E-state index contributed by atoms with van der Waals surface area (Å²) < 4.78 is 1.70. The number of carbonyl (C=O) groups is 1. The number of aromatic amines is 1. The molecule has 2 aromatic carbocycles. The van der Waals surface area contributed by atoms with Crippen molar-refractivity contribution in [2.75, 3.05) is 0 Å². The summed E-state index contributed by atoms with van der Waals surface area (Å²) in [6, 6.07) is 16.1. The number of aromatic carboxylic acids is 1. The minimum atomic E-state index is -1.12. The number of halogens is 1. The quantitative estimate of drug-likeness (QED) is 0.467. The minimum Gasteiger partial charge on any atom is -0.477 e. The maximum absolute atomic E-state index is 12.5. The molecule has 146 valence electrons. The highest BCUT2D eigenvalue weighted by Crippen LogP contribution is 2.36. The minimum absolute atomic E-state index is 0.0331. The standard InChI is InChI=1S/C22H18ClN3O3/c23-15-7-8-18-17(10-15)19(16-6-3-9-25-21(16)27)20(22(28)29)26(18)12-14-5-2-1-4-13(14)11-24/h1-10H,11-12,24H2,(H,25,27)(H,28,29). The number of rotatable bonds is 5. The van der Waals surface area contributed by atoms with E-state index in [0.29, 0.717) is 34.6 Å². The number of nitrogens with zero attached hydrogens (tertiary/aromatic N) is 1. The summed E-state index contributed by atoms with van der Waals surface area (Å²) in [5, 5.41) is 11.2. The zero-order valence-corrected chi connectivity index (χ0v) is 16.1. The van der Waals surface area contributed by atoms with Crippen LogP contribution in [-0.4, -0.2) is 20.6 Å². The van der Waals surface area contributed by atoms with E-state index in [1.54, 1.807) is 34.9 Å². The van der Waals surface area contributed by atoms with Crippen LogP contribution in [0.1, 0.15) is 21.6 Å². The average Bonchev–Trinajstić information content (AvgIpc) is 3.02. The van der Waals surface area contributed by atoms with Gasteiger partial charge in [-0.2, -0.15) is 0 Å². The first-order chi connectivity index (χ1) is 14.0. The van der Waals surface area contributed by atoms with Gasteiger partial charge in [-0.05, 0) is 41.5 Å². The first-order valence-corrected chi connectivity index (χ1v) is 9.39. The fourth-order valence-electron chi connectivity index (χ4n) is 3.69. The van der Waals surface area contributed by atoms with Gasteiger partial charge in [-0.1, -0.05) is 35.9 Å². The van der Waals surface area contributed by atoms with E-state index in [1.165, 1.54) is 6.20 Å². The Hall–Kier alpha value is -3.35. The van der Waals surface area contributed by atoms with E-state index in [-0.39, 0.29) is 16.8 Å². The van der Waals surface area contributed by atoms with Gasteiger partial charge in [-0.25, -0.2) is 4.79 Å². The molecule has 0 amide bonds. The largest absolute Gasteiger partial charge is 0.477 e. The van der Waals surface area contributed by atoms with E-state index in [0.717, 1.165) is 11.1 Å². The molecule has 0 saturated carbocycles. The third kappa shape index (κ3) is 3.33. The molecule has 0 aliphatic rings. The highest BCUT2D eigenvalue weighted by molar-refractivity contribution is 6.31. The Labute approximate surface area is 171 Å². The van der Waals surface area contributed by atoms with Crippen molar-refractivity contribution in [2.45, 2.75) is 13.1 Å². The van der Waals surface area contributed by atoms with Crippen molar-refractivity contribution in [1.82, 2.24) is 9.55 Å². The van der Waals surface area contributed by atoms with Crippen LogP contribution in [0.3, 0.4) is 0 Å². The molecular formula is C22H18ClN3O3. The van der Waals surface area contributed by atoms with Crippen molar-refractivity contribution in [2.24, 2.45) is 5.73 Å². The van der Waals surface area contributed by atoms with Crippen LogP contribution in [0.2, 0.25) is 5.02 Å². The Morgan fingerprint density at radius 3 is 2.55 bits per heavy atom. The molecule has 0 aliphatic heterocycles. The fraction of sp³-hybridized carbons (Fsp3) is 0.0909. The maximum atomic E-state index is 12.5. The number of nitrogens with two attached hydrogens (primary N) is 1. The van der Waals surface area contributed by atoms with E-state index in [1.807, 2.05) is 24.3 Å². The van der Waals surface area contributed by atoms with Crippen molar-refractivity contribution in [1.29, 1.82) is 0 Å². The molecule has 0 aliphatic carbocycles. The average molecular weight is 408 g/mol.